The summed E-state index contributed by atoms with van der Waals surface area (Å²) >= 11 is 7.55. The number of halogens is 1. The van der Waals surface area contributed by atoms with E-state index in [-0.39, 0.29) is 17.4 Å². The molecule has 4 rings (SSSR count). The molecule has 3 aromatic rings. The van der Waals surface area contributed by atoms with E-state index in [4.69, 9.17) is 16.0 Å². The van der Waals surface area contributed by atoms with Crippen LogP contribution in [-0.2, 0) is 17.6 Å². The summed E-state index contributed by atoms with van der Waals surface area (Å²) in [7, 11) is 0. The lowest BCUT2D eigenvalue weighted by Crippen LogP contribution is -2.17. The number of fused-ring (bicyclic) bond motifs is 1. The van der Waals surface area contributed by atoms with Gasteiger partial charge in [-0.05, 0) is 72.9 Å². The van der Waals surface area contributed by atoms with E-state index in [2.05, 4.69) is 28.8 Å². The number of furan rings is 1. The quantitative estimate of drug-likeness (QED) is 0.517. The molecule has 5 nitrogen and oxygen atoms in total. The van der Waals surface area contributed by atoms with Crippen molar-refractivity contribution in [3.8, 4) is 0 Å². The van der Waals surface area contributed by atoms with Crippen molar-refractivity contribution in [2.24, 2.45) is 0 Å². The van der Waals surface area contributed by atoms with E-state index in [0.29, 0.717) is 16.4 Å². The molecule has 1 aliphatic carbocycles. The van der Waals surface area contributed by atoms with Crippen LogP contribution in [0.4, 0.5) is 11.4 Å². The molecule has 0 saturated heterocycles. The van der Waals surface area contributed by atoms with Crippen LogP contribution >= 0.6 is 23.4 Å². The number of amides is 2. The highest BCUT2D eigenvalue weighted by Crippen LogP contribution is 2.29. The van der Waals surface area contributed by atoms with E-state index < -0.39 is 5.91 Å². The summed E-state index contributed by atoms with van der Waals surface area (Å²) in [5.41, 5.74) is 3.69. The van der Waals surface area contributed by atoms with E-state index >= 15 is 0 Å². The number of aryl methyl sites for hydroxylation is 2. The van der Waals surface area contributed by atoms with E-state index in [1.807, 2.05) is 0 Å². The summed E-state index contributed by atoms with van der Waals surface area (Å²) in [4.78, 5) is 25.8. The summed E-state index contributed by atoms with van der Waals surface area (Å²) in [5.74, 6) is -0.131. The first-order valence-corrected chi connectivity index (χ1v) is 10.6. The average Bonchev–Trinajstić information content (AvgIpc) is 3.40. The van der Waals surface area contributed by atoms with Crippen LogP contribution in [0.15, 0.2) is 64.1 Å². The summed E-state index contributed by atoms with van der Waals surface area (Å²) in [6.45, 7) is 0. The van der Waals surface area contributed by atoms with Crippen molar-refractivity contribution in [2.75, 3.05) is 16.4 Å². The van der Waals surface area contributed by atoms with Gasteiger partial charge in [0.1, 0.15) is 0 Å². The molecule has 0 spiro atoms. The second-order valence-electron chi connectivity index (χ2n) is 6.74. The number of nitrogens with one attached hydrogen (secondary N) is 2. The minimum Gasteiger partial charge on any atom is -0.459 e. The maximum absolute atomic E-state index is 12.5. The number of thioether (sulfide) groups is 1. The second kappa shape index (κ2) is 8.76. The van der Waals surface area contributed by atoms with Gasteiger partial charge in [0.15, 0.2) is 5.76 Å². The minimum atomic E-state index is -0.416. The second-order valence-corrected chi connectivity index (χ2v) is 8.23. The van der Waals surface area contributed by atoms with Gasteiger partial charge in [0, 0.05) is 9.92 Å². The predicted octanol–water partition coefficient (Wildman–Crippen LogP) is 5.40. The third-order valence-electron chi connectivity index (χ3n) is 4.69. The summed E-state index contributed by atoms with van der Waals surface area (Å²) in [6.07, 6.45) is 4.88. The Bertz CT molecular complexity index is 1050. The van der Waals surface area contributed by atoms with Gasteiger partial charge < -0.3 is 15.1 Å². The SMILES string of the molecule is O=C(CSc1ccc2c(c1)CCC2)Nc1ccc(Cl)cc1NC(=O)c1ccco1. The molecular weight excluding hydrogens is 408 g/mol. The molecule has 2 amide bonds. The van der Waals surface area contributed by atoms with Gasteiger partial charge in [0.2, 0.25) is 5.91 Å². The highest BCUT2D eigenvalue weighted by Gasteiger charge is 2.15. The number of carbonyl (C=O) groups is 2. The smallest absolute Gasteiger partial charge is 0.291 e. The zero-order chi connectivity index (χ0) is 20.2. The maximum Gasteiger partial charge on any atom is 0.291 e. The lowest BCUT2D eigenvalue weighted by Gasteiger charge is -2.12. The highest BCUT2D eigenvalue weighted by atomic mass is 35.5. The number of rotatable bonds is 6. The summed E-state index contributed by atoms with van der Waals surface area (Å²) in [6, 6.07) is 14.5. The lowest BCUT2D eigenvalue weighted by atomic mass is 10.1. The van der Waals surface area contributed by atoms with E-state index in [1.165, 1.54) is 35.6 Å². The van der Waals surface area contributed by atoms with Crippen LogP contribution in [0.1, 0.15) is 28.1 Å². The molecule has 1 heterocycles. The minimum absolute atomic E-state index is 0.161. The summed E-state index contributed by atoms with van der Waals surface area (Å²) in [5, 5.41) is 6.02. The number of carbonyl (C=O) groups excluding carboxylic acids is 2. The molecule has 1 aliphatic rings. The number of hydrogen-bond donors (Lipinski definition) is 2. The largest absolute Gasteiger partial charge is 0.459 e. The van der Waals surface area contributed by atoms with Crippen molar-refractivity contribution in [2.45, 2.75) is 24.2 Å². The third-order valence-corrected chi connectivity index (χ3v) is 5.92. The van der Waals surface area contributed by atoms with Crippen LogP contribution in [0, 0.1) is 0 Å². The van der Waals surface area contributed by atoms with Crippen LogP contribution in [0.5, 0.6) is 0 Å². The molecule has 0 radical (unpaired) electrons. The van der Waals surface area contributed by atoms with Gasteiger partial charge in [-0.25, -0.2) is 0 Å². The maximum atomic E-state index is 12.5. The first-order valence-electron chi connectivity index (χ1n) is 9.27. The van der Waals surface area contributed by atoms with Gasteiger partial charge in [-0.15, -0.1) is 11.8 Å². The zero-order valence-electron chi connectivity index (χ0n) is 15.5. The van der Waals surface area contributed by atoms with E-state index in [1.54, 1.807) is 30.3 Å². The van der Waals surface area contributed by atoms with E-state index in [9.17, 15) is 9.59 Å². The molecule has 0 bridgehead atoms. The van der Waals surface area contributed by atoms with Gasteiger partial charge >= 0.3 is 0 Å². The molecule has 7 heteroatoms. The first kappa shape index (κ1) is 19.6. The summed E-state index contributed by atoms with van der Waals surface area (Å²) < 4.78 is 5.10. The van der Waals surface area contributed by atoms with Crippen LogP contribution in [0.3, 0.4) is 0 Å². The third kappa shape index (κ3) is 4.83. The molecule has 1 aromatic heterocycles. The Kier molecular flexibility index (Phi) is 5.92. The number of anilines is 2. The molecule has 2 aromatic carbocycles. The van der Waals surface area contributed by atoms with Crippen LogP contribution in [-0.4, -0.2) is 17.6 Å². The predicted molar refractivity (Wildman–Crippen MR) is 116 cm³/mol. The monoisotopic (exact) mass is 426 g/mol. The van der Waals surface area contributed by atoms with Gasteiger partial charge in [-0.3, -0.25) is 9.59 Å². The Morgan fingerprint density at radius 3 is 2.69 bits per heavy atom. The highest BCUT2D eigenvalue weighted by molar-refractivity contribution is 8.00. The molecule has 148 valence electrons. The topological polar surface area (TPSA) is 71.3 Å². The molecule has 0 atom stereocenters. The molecule has 29 heavy (non-hydrogen) atoms. The fraction of sp³-hybridized carbons (Fsp3) is 0.182. The standard InChI is InChI=1S/C22H19ClN2O3S/c23-16-7-9-18(19(12-16)25-22(27)20-5-2-10-28-20)24-21(26)13-29-17-8-6-14-3-1-4-15(14)11-17/h2,5-12H,1,3-4,13H2,(H,24,26)(H,25,27). The Labute approximate surface area is 177 Å². The van der Waals surface area contributed by atoms with Crippen molar-refractivity contribution in [1.29, 1.82) is 0 Å². The number of hydrogen-bond acceptors (Lipinski definition) is 4. The molecule has 0 saturated carbocycles. The fourth-order valence-corrected chi connectivity index (χ4v) is 4.23. The van der Waals surface area contributed by atoms with Crippen LogP contribution < -0.4 is 10.6 Å². The Balaban J connectivity index is 1.40. The van der Waals surface area contributed by atoms with Gasteiger partial charge in [0.05, 0.1) is 23.4 Å². The lowest BCUT2D eigenvalue weighted by molar-refractivity contribution is -0.113. The Hall–Kier alpha value is -2.70. The number of benzene rings is 2. The normalized spacial score (nSPS) is 12.4. The average molecular weight is 427 g/mol. The molecule has 2 N–H and O–H groups in total. The first-order chi connectivity index (χ1) is 14.1. The van der Waals surface area contributed by atoms with Crippen molar-refractivity contribution in [1.82, 2.24) is 0 Å². The Morgan fingerprint density at radius 1 is 1.00 bits per heavy atom. The van der Waals surface area contributed by atoms with Gasteiger partial charge in [0.25, 0.3) is 5.91 Å². The molecule has 0 aliphatic heterocycles. The van der Waals surface area contributed by atoms with Crippen molar-refractivity contribution < 1.29 is 14.0 Å². The van der Waals surface area contributed by atoms with Crippen LogP contribution in [0.2, 0.25) is 5.02 Å². The van der Waals surface area contributed by atoms with Gasteiger partial charge in [-0.1, -0.05) is 17.7 Å². The van der Waals surface area contributed by atoms with Crippen molar-refractivity contribution in [3.63, 3.8) is 0 Å². The molecule has 0 unspecified atom stereocenters. The molecule has 0 fully saturated rings. The van der Waals surface area contributed by atoms with Crippen molar-refractivity contribution >= 4 is 46.6 Å². The van der Waals surface area contributed by atoms with Crippen molar-refractivity contribution in [3.05, 3.63) is 76.7 Å². The fourth-order valence-electron chi connectivity index (χ4n) is 3.29. The van der Waals surface area contributed by atoms with E-state index in [0.717, 1.165) is 17.7 Å². The zero-order valence-corrected chi connectivity index (χ0v) is 17.1. The molecular formula is C22H19ClN2O3S. The van der Waals surface area contributed by atoms with Crippen LogP contribution in [0.25, 0.3) is 0 Å². The van der Waals surface area contributed by atoms with Gasteiger partial charge in [-0.2, -0.15) is 0 Å². The Morgan fingerprint density at radius 2 is 1.86 bits per heavy atom.